The normalized spacial score (nSPS) is 23.5. The highest BCUT2D eigenvalue weighted by molar-refractivity contribution is 5.95. The lowest BCUT2D eigenvalue weighted by molar-refractivity contribution is 0.0569. The van der Waals surface area contributed by atoms with Crippen LogP contribution < -0.4 is 5.73 Å². The molecule has 1 aliphatic heterocycles. The minimum Gasteiger partial charge on any atom is -0.396 e. The maximum atomic E-state index is 13.9. The van der Waals surface area contributed by atoms with Crippen LogP contribution in [0.3, 0.4) is 0 Å². The quantitative estimate of drug-likeness (QED) is 0.796. The standard InChI is InChI=1S/C14H18F2N2O/c1-8-3-4-9(2)18(7-8)14(19)11-5-10(15)6-12(17)13(11)16/h5-6,8-9H,3-4,7,17H2,1-2H3. The van der Waals surface area contributed by atoms with Gasteiger partial charge in [-0.2, -0.15) is 0 Å². The van der Waals surface area contributed by atoms with Crippen LogP contribution in [0, 0.1) is 17.6 Å². The van der Waals surface area contributed by atoms with Crippen molar-refractivity contribution in [1.82, 2.24) is 4.90 Å². The molecular weight excluding hydrogens is 250 g/mol. The summed E-state index contributed by atoms with van der Waals surface area (Å²) in [6.07, 6.45) is 1.91. The number of nitrogens with zero attached hydrogens (tertiary/aromatic N) is 1. The summed E-state index contributed by atoms with van der Waals surface area (Å²) in [5.74, 6) is -1.64. The molecule has 2 unspecified atom stereocenters. The number of carbonyl (C=O) groups is 1. The summed E-state index contributed by atoms with van der Waals surface area (Å²) >= 11 is 0. The number of hydrogen-bond acceptors (Lipinski definition) is 2. The third-order valence-corrected chi connectivity index (χ3v) is 3.67. The van der Waals surface area contributed by atoms with E-state index in [1.54, 1.807) is 4.90 Å². The van der Waals surface area contributed by atoms with Gasteiger partial charge in [0.05, 0.1) is 11.3 Å². The van der Waals surface area contributed by atoms with E-state index in [0.717, 1.165) is 25.0 Å². The number of rotatable bonds is 1. The van der Waals surface area contributed by atoms with E-state index >= 15 is 0 Å². The van der Waals surface area contributed by atoms with Crippen molar-refractivity contribution < 1.29 is 13.6 Å². The summed E-state index contributed by atoms with van der Waals surface area (Å²) < 4.78 is 27.2. The van der Waals surface area contributed by atoms with E-state index in [9.17, 15) is 13.6 Å². The maximum absolute atomic E-state index is 13.9. The number of likely N-dealkylation sites (tertiary alicyclic amines) is 1. The lowest BCUT2D eigenvalue weighted by atomic mass is 9.94. The van der Waals surface area contributed by atoms with Crippen molar-refractivity contribution in [3.63, 3.8) is 0 Å². The van der Waals surface area contributed by atoms with Gasteiger partial charge in [-0.05, 0) is 37.8 Å². The van der Waals surface area contributed by atoms with Crippen LogP contribution in [0.1, 0.15) is 37.0 Å². The van der Waals surface area contributed by atoms with E-state index in [4.69, 9.17) is 5.73 Å². The third kappa shape index (κ3) is 2.69. The van der Waals surface area contributed by atoms with Crippen LogP contribution in [-0.4, -0.2) is 23.4 Å². The molecule has 1 aromatic carbocycles. The summed E-state index contributed by atoms with van der Waals surface area (Å²) in [4.78, 5) is 13.9. The summed E-state index contributed by atoms with van der Waals surface area (Å²) in [6, 6.07) is 1.83. The number of nitrogen functional groups attached to an aromatic ring is 1. The lowest BCUT2D eigenvalue weighted by Crippen LogP contribution is -2.45. The fourth-order valence-electron chi connectivity index (χ4n) is 2.49. The van der Waals surface area contributed by atoms with E-state index in [1.165, 1.54) is 0 Å². The van der Waals surface area contributed by atoms with Gasteiger partial charge in [-0.15, -0.1) is 0 Å². The Morgan fingerprint density at radius 3 is 2.68 bits per heavy atom. The van der Waals surface area contributed by atoms with Gasteiger partial charge in [0.25, 0.3) is 5.91 Å². The fourth-order valence-corrected chi connectivity index (χ4v) is 2.49. The Kier molecular flexibility index (Phi) is 3.73. The van der Waals surface area contributed by atoms with Crippen LogP contribution >= 0.6 is 0 Å². The molecule has 104 valence electrons. The Labute approximate surface area is 111 Å². The molecule has 0 radical (unpaired) electrons. The van der Waals surface area contributed by atoms with Crippen molar-refractivity contribution in [3.8, 4) is 0 Å². The van der Waals surface area contributed by atoms with Crippen LogP contribution in [0.4, 0.5) is 14.5 Å². The number of anilines is 1. The molecule has 1 amide bonds. The van der Waals surface area contributed by atoms with Gasteiger partial charge in [-0.25, -0.2) is 8.78 Å². The van der Waals surface area contributed by atoms with Crippen LogP contribution in [0.25, 0.3) is 0 Å². The molecule has 1 aliphatic rings. The van der Waals surface area contributed by atoms with Crippen LogP contribution in [0.5, 0.6) is 0 Å². The second-order valence-electron chi connectivity index (χ2n) is 5.35. The van der Waals surface area contributed by atoms with Crippen molar-refractivity contribution in [2.24, 2.45) is 5.92 Å². The van der Waals surface area contributed by atoms with Gasteiger partial charge in [0.1, 0.15) is 5.82 Å². The van der Waals surface area contributed by atoms with Gasteiger partial charge in [-0.1, -0.05) is 6.92 Å². The zero-order valence-corrected chi connectivity index (χ0v) is 11.1. The molecule has 19 heavy (non-hydrogen) atoms. The summed E-state index contributed by atoms with van der Waals surface area (Å²) in [5, 5.41) is 0. The predicted octanol–water partition coefficient (Wildman–Crippen LogP) is 2.81. The Morgan fingerprint density at radius 2 is 2.00 bits per heavy atom. The minimum absolute atomic E-state index is 0.0348. The third-order valence-electron chi connectivity index (χ3n) is 3.67. The summed E-state index contributed by atoms with van der Waals surface area (Å²) in [7, 11) is 0. The minimum atomic E-state index is -0.836. The molecule has 1 aromatic rings. The highest BCUT2D eigenvalue weighted by Gasteiger charge is 2.29. The molecule has 0 saturated carbocycles. The Morgan fingerprint density at radius 1 is 1.32 bits per heavy atom. The first kappa shape index (κ1) is 13.8. The number of carbonyl (C=O) groups excluding carboxylic acids is 1. The summed E-state index contributed by atoms with van der Waals surface area (Å²) in [6.45, 7) is 4.53. The van der Waals surface area contributed by atoms with E-state index in [-0.39, 0.29) is 17.3 Å². The lowest BCUT2D eigenvalue weighted by Gasteiger charge is -2.37. The average Bonchev–Trinajstić information content (AvgIpc) is 2.36. The molecule has 0 aromatic heterocycles. The maximum Gasteiger partial charge on any atom is 0.257 e. The molecule has 2 N–H and O–H groups in total. The molecule has 3 nitrogen and oxygen atoms in total. The van der Waals surface area contributed by atoms with Gasteiger partial charge in [0.2, 0.25) is 0 Å². The van der Waals surface area contributed by atoms with Crippen molar-refractivity contribution in [1.29, 1.82) is 0 Å². The Balaban J connectivity index is 2.33. The first-order valence-electron chi connectivity index (χ1n) is 6.45. The molecule has 1 fully saturated rings. The van der Waals surface area contributed by atoms with Crippen molar-refractivity contribution in [2.45, 2.75) is 32.7 Å². The molecule has 2 rings (SSSR count). The second kappa shape index (κ2) is 5.15. The van der Waals surface area contributed by atoms with Crippen LogP contribution in [0.15, 0.2) is 12.1 Å². The smallest absolute Gasteiger partial charge is 0.257 e. The van der Waals surface area contributed by atoms with E-state index in [1.807, 2.05) is 13.8 Å². The van der Waals surface area contributed by atoms with E-state index in [0.29, 0.717) is 12.5 Å². The molecule has 2 atom stereocenters. The van der Waals surface area contributed by atoms with Crippen molar-refractivity contribution in [2.75, 3.05) is 12.3 Å². The topological polar surface area (TPSA) is 46.3 Å². The molecule has 1 saturated heterocycles. The first-order chi connectivity index (χ1) is 8.90. The average molecular weight is 268 g/mol. The monoisotopic (exact) mass is 268 g/mol. The Bertz CT molecular complexity index is 504. The number of hydrogen-bond donors (Lipinski definition) is 1. The van der Waals surface area contributed by atoms with Crippen molar-refractivity contribution >= 4 is 11.6 Å². The van der Waals surface area contributed by atoms with Gasteiger partial charge in [0.15, 0.2) is 5.82 Å². The fraction of sp³-hybridized carbons (Fsp3) is 0.500. The number of halogens is 2. The SMILES string of the molecule is CC1CCC(C)N(C(=O)c2cc(F)cc(N)c2F)C1. The van der Waals surface area contributed by atoms with Gasteiger partial charge in [0, 0.05) is 12.6 Å². The number of piperidine rings is 1. The molecule has 5 heteroatoms. The molecule has 1 heterocycles. The first-order valence-corrected chi connectivity index (χ1v) is 6.45. The highest BCUT2D eigenvalue weighted by Crippen LogP contribution is 2.25. The Hall–Kier alpha value is -1.65. The number of amides is 1. The second-order valence-corrected chi connectivity index (χ2v) is 5.35. The largest absolute Gasteiger partial charge is 0.396 e. The highest BCUT2D eigenvalue weighted by atomic mass is 19.1. The van der Waals surface area contributed by atoms with Gasteiger partial charge < -0.3 is 10.6 Å². The molecule has 0 bridgehead atoms. The summed E-state index contributed by atoms with van der Waals surface area (Å²) in [5.41, 5.74) is 4.75. The number of benzene rings is 1. The van der Waals surface area contributed by atoms with Gasteiger partial charge in [-0.3, -0.25) is 4.79 Å². The number of nitrogens with two attached hydrogens (primary N) is 1. The zero-order chi connectivity index (χ0) is 14.2. The molecule has 0 aliphatic carbocycles. The molecule has 0 spiro atoms. The van der Waals surface area contributed by atoms with Crippen LogP contribution in [-0.2, 0) is 0 Å². The zero-order valence-electron chi connectivity index (χ0n) is 11.1. The van der Waals surface area contributed by atoms with Crippen molar-refractivity contribution in [3.05, 3.63) is 29.3 Å². The van der Waals surface area contributed by atoms with Gasteiger partial charge >= 0.3 is 0 Å². The van der Waals surface area contributed by atoms with E-state index < -0.39 is 17.5 Å². The van der Waals surface area contributed by atoms with E-state index in [2.05, 4.69) is 0 Å². The molecular formula is C14H18F2N2O. The van der Waals surface area contributed by atoms with Crippen LogP contribution in [0.2, 0.25) is 0 Å². The predicted molar refractivity (Wildman–Crippen MR) is 69.7 cm³/mol.